The van der Waals surface area contributed by atoms with Crippen LogP contribution in [0.2, 0.25) is 0 Å². The van der Waals surface area contributed by atoms with Gasteiger partial charge in [0.15, 0.2) is 0 Å². The van der Waals surface area contributed by atoms with Crippen LogP contribution in [0.15, 0.2) is 29.1 Å². The van der Waals surface area contributed by atoms with Crippen molar-refractivity contribution in [3.05, 3.63) is 34.6 Å². The minimum atomic E-state index is -0.213. The summed E-state index contributed by atoms with van der Waals surface area (Å²) in [4.78, 5) is 14.1. The van der Waals surface area contributed by atoms with E-state index in [2.05, 4.69) is 10.2 Å². The van der Waals surface area contributed by atoms with Crippen LogP contribution in [0.5, 0.6) is 5.88 Å². The summed E-state index contributed by atoms with van der Waals surface area (Å²) >= 11 is 0. The number of aromatic hydroxyl groups is 1. The quantitative estimate of drug-likeness (QED) is 0.882. The summed E-state index contributed by atoms with van der Waals surface area (Å²) in [6, 6.07) is 7.20. The average Bonchev–Trinajstić information content (AvgIpc) is 2.54. The van der Waals surface area contributed by atoms with Gasteiger partial charge in [-0.25, -0.2) is 0 Å². The maximum Gasteiger partial charge on any atom is 0.253 e. The number of fused-ring (bicyclic) bond motifs is 1. The smallest absolute Gasteiger partial charge is 0.253 e. The third-order valence-electron chi connectivity index (χ3n) is 4.08. The first-order valence-electron chi connectivity index (χ1n) is 7.52. The molecular weight excluding hydrogens is 282 g/mol. The van der Waals surface area contributed by atoms with E-state index < -0.39 is 0 Å². The van der Waals surface area contributed by atoms with E-state index in [-0.39, 0.29) is 11.4 Å². The topological polar surface area (TPSA) is 66.7 Å². The highest BCUT2D eigenvalue weighted by atomic mass is 16.5. The van der Waals surface area contributed by atoms with E-state index in [0.717, 1.165) is 50.5 Å². The summed E-state index contributed by atoms with van der Waals surface area (Å²) in [7, 11) is 1.56. The number of benzene rings is 1. The van der Waals surface area contributed by atoms with E-state index in [1.165, 1.54) is 4.57 Å². The fourth-order valence-corrected chi connectivity index (χ4v) is 2.69. The van der Waals surface area contributed by atoms with Crippen molar-refractivity contribution < 1.29 is 9.84 Å². The third-order valence-corrected chi connectivity index (χ3v) is 4.08. The largest absolute Gasteiger partial charge is 0.494 e. The molecular formula is C16H21N3O3. The van der Waals surface area contributed by atoms with E-state index in [9.17, 15) is 9.90 Å². The number of morpholine rings is 1. The highest BCUT2D eigenvalue weighted by Gasteiger charge is 2.10. The Morgan fingerprint density at radius 2 is 2.05 bits per heavy atom. The number of aromatic nitrogens is 1. The van der Waals surface area contributed by atoms with Crippen molar-refractivity contribution in [1.29, 1.82) is 0 Å². The van der Waals surface area contributed by atoms with E-state index in [1.54, 1.807) is 13.1 Å². The fourth-order valence-electron chi connectivity index (χ4n) is 2.69. The van der Waals surface area contributed by atoms with Crippen LogP contribution < -0.4 is 10.9 Å². The molecule has 0 aliphatic carbocycles. The zero-order valence-electron chi connectivity index (χ0n) is 12.7. The van der Waals surface area contributed by atoms with Gasteiger partial charge in [0.05, 0.1) is 13.2 Å². The molecule has 1 fully saturated rings. The summed E-state index contributed by atoms with van der Waals surface area (Å²) in [5.41, 5.74) is 0.740. The Morgan fingerprint density at radius 1 is 1.27 bits per heavy atom. The first-order valence-corrected chi connectivity index (χ1v) is 7.52. The molecule has 6 nitrogen and oxygen atoms in total. The molecule has 1 aliphatic heterocycles. The Balaban J connectivity index is 1.69. The predicted octanol–water partition coefficient (Wildman–Crippen LogP) is 0.988. The van der Waals surface area contributed by atoms with Crippen LogP contribution in [-0.2, 0) is 11.8 Å². The molecule has 0 saturated carbocycles. The van der Waals surface area contributed by atoms with Gasteiger partial charge < -0.3 is 15.2 Å². The zero-order chi connectivity index (χ0) is 15.5. The number of pyridine rings is 1. The second kappa shape index (κ2) is 6.37. The van der Waals surface area contributed by atoms with E-state index in [0.29, 0.717) is 5.39 Å². The number of nitrogens with one attached hydrogen (secondary N) is 1. The minimum Gasteiger partial charge on any atom is -0.494 e. The molecule has 1 aromatic heterocycles. The van der Waals surface area contributed by atoms with Crippen molar-refractivity contribution in [3.8, 4) is 5.88 Å². The SMILES string of the molecule is Cn1c(O)c2ccc(NCCN3CCOCC3)cc2cc1=O. The lowest BCUT2D eigenvalue weighted by Crippen LogP contribution is -2.38. The van der Waals surface area contributed by atoms with Crippen molar-refractivity contribution >= 4 is 16.5 Å². The first-order chi connectivity index (χ1) is 10.6. The highest BCUT2D eigenvalue weighted by Crippen LogP contribution is 2.24. The molecule has 1 aliphatic rings. The summed E-state index contributed by atoms with van der Waals surface area (Å²) < 4.78 is 6.57. The van der Waals surface area contributed by atoms with Crippen molar-refractivity contribution in [2.24, 2.45) is 7.05 Å². The lowest BCUT2D eigenvalue weighted by Gasteiger charge is -2.26. The predicted molar refractivity (Wildman–Crippen MR) is 86.6 cm³/mol. The van der Waals surface area contributed by atoms with Crippen LogP contribution in [-0.4, -0.2) is 54.0 Å². The summed E-state index contributed by atoms with van der Waals surface area (Å²) in [5, 5.41) is 14.8. The van der Waals surface area contributed by atoms with Crippen LogP contribution in [0.4, 0.5) is 5.69 Å². The van der Waals surface area contributed by atoms with Crippen molar-refractivity contribution in [1.82, 2.24) is 9.47 Å². The van der Waals surface area contributed by atoms with Gasteiger partial charge in [0.2, 0.25) is 5.88 Å². The molecule has 118 valence electrons. The Bertz CT molecular complexity index is 720. The highest BCUT2D eigenvalue weighted by molar-refractivity contribution is 5.89. The Labute approximate surface area is 128 Å². The molecule has 0 amide bonds. The van der Waals surface area contributed by atoms with E-state index in [4.69, 9.17) is 4.74 Å². The van der Waals surface area contributed by atoms with Crippen molar-refractivity contribution in [2.75, 3.05) is 44.7 Å². The Hall–Kier alpha value is -2.05. The average molecular weight is 303 g/mol. The van der Waals surface area contributed by atoms with Gasteiger partial charge in [-0.15, -0.1) is 0 Å². The normalized spacial score (nSPS) is 16.0. The van der Waals surface area contributed by atoms with E-state index >= 15 is 0 Å². The molecule has 1 saturated heterocycles. The minimum absolute atomic E-state index is 0.00219. The maximum atomic E-state index is 11.7. The van der Waals surface area contributed by atoms with E-state index in [1.807, 2.05) is 18.2 Å². The second-order valence-corrected chi connectivity index (χ2v) is 5.55. The molecule has 0 radical (unpaired) electrons. The number of ether oxygens (including phenoxy) is 1. The molecule has 2 N–H and O–H groups in total. The summed E-state index contributed by atoms with van der Waals surface area (Å²) in [5.74, 6) is 0.00219. The number of rotatable bonds is 4. The Kier molecular flexibility index (Phi) is 4.31. The number of anilines is 1. The van der Waals surface area contributed by atoms with Gasteiger partial charge in [0, 0.05) is 50.4 Å². The summed E-state index contributed by atoms with van der Waals surface area (Å²) in [6.45, 7) is 5.36. The van der Waals surface area contributed by atoms with Crippen molar-refractivity contribution in [2.45, 2.75) is 0 Å². The third kappa shape index (κ3) is 3.08. The Morgan fingerprint density at radius 3 is 2.82 bits per heavy atom. The molecule has 1 aromatic carbocycles. The number of hydrogen-bond donors (Lipinski definition) is 2. The van der Waals surface area contributed by atoms with Gasteiger partial charge in [-0.3, -0.25) is 14.3 Å². The molecule has 3 rings (SSSR count). The standard InChI is InChI=1S/C16H21N3O3/c1-18-15(20)11-12-10-13(2-3-14(12)16(18)21)17-4-5-19-6-8-22-9-7-19/h2-3,10-11,17,21H,4-9H2,1H3. The molecule has 0 bridgehead atoms. The van der Waals surface area contributed by atoms with Crippen LogP contribution in [0.3, 0.4) is 0 Å². The van der Waals surface area contributed by atoms with Crippen LogP contribution in [0.1, 0.15) is 0 Å². The van der Waals surface area contributed by atoms with Gasteiger partial charge in [0.25, 0.3) is 5.56 Å². The monoisotopic (exact) mass is 303 g/mol. The summed E-state index contributed by atoms with van der Waals surface area (Å²) in [6.07, 6.45) is 0. The van der Waals surface area contributed by atoms with Crippen LogP contribution in [0.25, 0.3) is 10.8 Å². The molecule has 2 heterocycles. The van der Waals surface area contributed by atoms with Gasteiger partial charge in [-0.1, -0.05) is 0 Å². The molecule has 22 heavy (non-hydrogen) atoms. The van der Waals surface area contributed by atoms with Gasteiger partial charge in [0.1, 0.15) is 0 Å². The number of hydrogen-bond acceptors (Lipinski definition) is 5. The molecule has 0 atom stereocenters. The second-order valence-electron chi connectivity index (χ2n) is 5.55. The molecule has 6 heteroatoms. The van der Waals surface area contributed by atoms with Gasteiger partial charge in [-0.05, 0) is 23.6 Å². The van der Waals surface area contributed by atoms with Crippen LogP contribution in [0, 0.1) is 0 Å². The molecule has 0 spiro atoms. The lowest BCUT2D eigenvalue weighted by molar-refractivity contribution is 0.0398. The molecule has 2 aromatic rings. The van der Waals surface area contributed by atoms with Crippen LogP contribution >= 0.6 is 0 Å². The first kappa shape index (κ1) is 14.9. The lowest BCUT2D eigenvalue weighted by atomic mass is 10.1. The number of nitrogens with zero attached hydrogens (tertiary/aromatic N) is 2. The fraction of sp³-hybridized carbons (Fsp3) is 0.438. The zero-order valence-corrected chi connectivity index (χ0v) is 12.7. The molecule has 0 unspecified atom stereocenters. The maximum absolute atomic E-state index is 11.7. The van der Waals surface area contributed by atoms with Gasteiger partial charge >= 0.3 is 0 Å². The van der Waals surface area contributed by atoms with Crippen molar-refractivity contribution in [3.63, 3.8) is 0 Å². The van der Waals surface area contributed by atoms with Gasteiger partial charge in [-0.2, -0.15) is 0 Å².